The van der Waals surface area contributed by atoms with E-state index in [1.165, 1.54) is 12.2 Å². The molecule has 2 unspecified atom stereocenters. The Bertz CT molecular complexity index is 231. The Morgan fingerprint density at radius 2 is 2.47 bits per heavy atom. The Morgan fingerprint density at radius 3 is 3.13 bits per heavy atom. The maximum absolute atomic E-state index is 11.6. The zero-order valence-corrected chi connectivity index (χ0v) is 9.54. The van der Waals surface area contributed by atoms with Gasteiger partial charge in [-0.25, -0.2) is 0 Å². The predicted octanol–water partition coefficient (Wildman–Crippen LogP) is -0.0408. The number of carbonyl (C=O) groups excluding carboxylic acids is 1. The molecule has 5 heteroatoms. The smallest absolute Gasteiger partial charge is 0.248 e. The SMILES string of the molecule is O=C1COCC(CO)N1CC1CCSC1. The van der Waals surface area contributed by atoms with Gasteiger partial charge in [0.15, 0.2) is 0 Å². The Labute approximate surface area is 94.0 Å². The molecule has 1 amide bonds. The molecule has 2 heterocycles. The highest BCUT2D eigenvalue weighted by Gasteiger charge is 2.30. The molecule has 0 aliphatic carbocycles. The third-order valence-corrected chi connectivity index (χ3v) is 4.22. The molecular formula is C10H17NO3S. The molecule has 2 aliphatic rings. The number of morpholine rings is 1. The fraction of sp³-hybridized carbons (Fsp3) is 0.900. The van der Waals surface area contributed by atoms with Gasteiger partial charge in [0.05, 0.1) is 19.3 Å². The maximum atomic E-state index is 11.6. The minimum absolute atomic E-state index is 0.00556. The first kappa shape index (κ1) is 11.2. The normalized spacial score (nSPS) is 32.3. The molecule has 1 N–H and O–H groups in total. The molecule has 2 saturated heterocycles. The molecule has 0 saturated carbocycles. The molecule has 15 heavy (non-hydrogen) atoms. The van der Waals surface area contributed by atoms with Crippen molar-refractivity contribution in [3.05, 3.63) is 0 Å². The molecule has 0 aromatic rings. The van der Waals surface area contributed by atoms with Gasteiger partial charge in [0, 0.05) is 6.54 Å². The number of carbonyl (C=O) groups is 1. The average molecular weight is 231 g/mol. The Balaban J connectivity index is 1.93. The standard InChI is InChI=1S/C10H17NO3S/c12-4-9-5-14-6-10(13)11(9)3-8-1-2-15-7-8/h8-9,12H,1-7H2. The summed E-state index contributed by atoms with van der Waals surface area (Å²) in [6.45, 7) is 1.45. The van der Waals surface area contributed by atoms with Crippen LogP contribution >= 0.6 is 11.8 Å². The van der Waals surface area contributed by atoms with Gasteiger partial charge in [-0.05, 0) is 23.8 Å². The lowest BCUT2D eigenvalue weighted by atomic mass is 10.1. The van der Waals surface area contributed by atoms with Crippen LogP contribution in [0.15, 0.2) is 0 Å². The van der Waals surface area contributed by atoms with Crippen molar-refractivity contribution < 1.29 is 14.6 Å². The van der Waals surface area contributed by atoms with Crippen molar-refractivity contribution in [2.75, 3.05) is 37.9 Å². The number of amides is 1. The van der Waals surface area contributed by atoms with E-state index in [1.54, 1.807) is 4.90 Å². The summed E-state index contributed by atoms with van der Waals surface area (Å²) in [5, 5.41) is 9.17. The van der Waals surface area contributed by atoms with Gasteiger partial charge in [-0.1, -0.05) is 0 Å². The lowest BCUT2D eigenvalue weighted by Crippen LogP contribution is -2.52. The molecule has 2 aliphatic heterocycles. The molecule has 0 aromatic heterocycles. The summed E-state index contributed by atoms with van der Waals surface area (Å²) in [6.07, 6.45) is 1.19. The quantitative estimate of drug-likeness (QED) is 0.740. The number of hydrogen-bond acceptors (Lipinski definition) is 4. The van der Waals surface area contributed by atoms with Crippen molar-refractivity contribution in [3.8, 4) is 0 Å². The van der Waals surface area contributed by atoms with Crippen molar-refractivity contribution >= 4 is 17.7 Å². The van der Waals surface area contributed by atoms with Gasteiger partial charge < -0.3 is 14.7 Å². The topological polar surface area (TPSA) is 49.8 Å². The summed E-state index contributed by atoms with van der Waals surface area (Å²) in [4.78, 5) is 13.4. The first-order chi connectivity index (χ1) is 7.31. The van der Waals surface area contributed by atoms with Crippen LogP contribution < -0.4 is 0 Å². The molecule has 2 rings (SSSR count). The van der Waals surface area contributed by atoms with Crippen LogP contribution in [0.3, 0.4) is 0 Å². The van der Waals surface area contributed by atoms with Gasteiger partial charge in [0.2, 0.25) is 5.91 Å². The van der Waals surface area contributed by atoms with Crippen molar-refractivity contribution in [2.24, 2.45) is 5.92 Å². The van der Waals surface area contributed by atoms with E-state index in [9.17, 15) is 9.90 Å². The van der Waals surface area contributed by atoms with E-state index in [0.717, 1.165) is 12.3 Å². The minimum Gasteiger partial charge on any atom is -0.394 e. The van der Waals surface area contributed by atoms with E-state index in [0.29, 0.717) is 12.5 Å². The zero-order chi connectivity index (χ0) is 10.7. The molecule has 2 fully saturated rings. The number of thioether (sulfide) groups is 1. The summed E-state index contributed by atoms with van der Waals surface area (Å²) in [6, 6.07) is -0.128. The fourth-order valence-electron chi connectivity index (χ4n) is 2.07. The summed E-state index contributed by atoms with van der Waals surface area (Å²) >= 11 is 1.95. The van der Waals surface area contributed by atoms with Crippen molar-refractivity contribution in [3.63, 3.8) is 0 Å². The van der Waals surface area contributed by atoms with Crippen molar-refractivity contribution in [2.45, 2.75) is 12.5 Å². The average Bonchev–Trinajstić information content (AvgIpc) is 2.74. The molecule has 2 atom stereocenters. The van der Waals surface area contributed by atoms with Gasteiger partial charge in [-0.15, -0.1) is 0 Å². The summed E-state index contributed by atoms with van der Waals surface area (Å²) in [7, 11) is 0. The van der Waals surface area contributed by atoms with Crippen molar-refractivity contribution in [1.29, 1.82) is 0 Å². The lowest BCUT2D eigenvalue weighted by molar-refractivity contribution is -0.150. The number of rotatable bonds is 3. The second kappa shape index (κ2) is 5.18. The number of nitrogens with zero attached hydrogens (tertiary/aromatic N) is 1. The molecule has 0 spiro atoms. The first-order valence-corrected chi connectivity index (χ1v) is 6.52. The van der Waals surface area contributed by atoms with Crippen LogP contribution in [-0.4, -0.2) is 59.8 Å². The van der Waals surface area contributed by atoms with E-state index >= 15 is 0 Å². The largest absolute Gasteiger partial charge is 0.394 e. The monoisotopic (exact) mass is 231 g/mol. The number of ether oxygens (including phenoxy) is 1. The summed E-state index contributed by atoms with van der Waals surface area (Å²) in [5.74, 6) is 2.97. The number of aliphatic hydroxyl groups is 1. The maximum Gasteiger partial charge on any atom is 0.248 e. The van der Waals surface area contributed by atoms with Gasteiger partial charge in [-0.2, -0.15) is 11.8 Å². The molecule has 0 bridgehead atoms. The molecule has 86 valence electrons. The van der Waals surface area contributed by atoms with Crippen LogP contribution in [0.1, 0.15) is 6.42 Å². The van der Waals surface area contributed by atoms with E-state index < -0.39 is 0 Å². The lowest BCUT2D eigenvalue weighted by Gasteiger charge is -2.35. The van der Waals surface area contributed by atoms with Crippen LogP contribution in [0.4, 0.5) is 0 Å². The van der Waals surface area contributed by atoms with E-state index in [4.69, 9.17) is 4.74 Å². The molecule has 4 nitrogen and oxygen atoms in total. The third-order valence-electron chi connectivity index (χ3n) is 2.99. The van der Waals surface area contributed by atoms with Gasteiger partial charge in [0.1, 0.15) is 6.61 Å². The van der Waals surface area contributed by atoms with E-state index in [-0.39, 0.29) is 25.2 Å². The highest BCUT2D eigenvalue weighted by molar-refractivity contribution is 7.99. The molecule has 0 aromatic carbocycles. The Hall–Kier alpha value is -0.260. The second-order valence-electron chi connectivity index (χ2n) is 4.13. The van der Waals surface area contributed by atoms with E-state index in [2.05, 4.69) is 0 Å². The highest BCUT2D eigenvalue weighted by atomic mass is 32.2. The van der Waals surface area contributed by atoms with E-state index in [1.807, 2.05) is 11.8 Å². The van der Waals surface area contributed by atoms with Crippen LogP contribution in [0.5, 0.6) is 0 Å². The first-order valence-electron chi connectivity index (χ1n) is 5.37. The van der Waals surface area contributed by atoms with Gasteiger partial charge >= 0.3 is 0 Å². The second-order valence-corrected chi connectivity index (χ2v) is 5.28. The van der Waals surface area contributed by atoms with Gasteiger partial charge in [0.25, 0.3) is 0 Å². The fourth-order valence-corrected chi connectivity index (χ4v) is 3.34. The number of hydrogen-bond donors (Lipinski definition) is 1. The van der Waals surface area contributed by atoms with Crippen LogP contribution in [0, 0.1) is 5.92 Å². The number of aliphatic hydroxyl groups excluding tert-OH is 1. The Morgan fingerprint density at radius 1 is 1.60 bits per heavy atom. The molecule has 0 radical (unpaired) electrons. The van der Waals surface area contributed by atoms with Gasteiger partial charge in [-0.3, -0.25) is 4.79 Å². The Kier molecular flexibility index (Phi) is 3.88. The minimum atomic E-state index is -0.128. The van der Waals surface area contributed by atoms with Crippen LogP contribution in [0.2, 0.25) is 0 Å². The predicted molar refractivity (Wildman–Crippen MR) is 58.8 cm³/mol. The van der Waals surface area contributed by atoms with Crippen molar-refractivity contribution in [1.82, 2.24) is 4.90 Å². The highest BCUT2D eigenvalue weighted by Crippen LogP contribution is 2.25. The third kappa shape index (κ3) is 2.65. The summed E-state index contributed by atoms with van der Waals surface area (Å²) in [5.41, 5.74) is 0. The summed E-state index contributed by atoms with van der Waals surface area (Å²) < 4.78 is 5.12. The van der Waals surface area contributed by atoms with Crippen LogP contribution in [-0.2, 0) is 9.53 Å². The van der Waals surface area contributed by atoms with Crippen LogP contribution in [0.25, 0.3) is 0 Å². The zero-order valence-electron chi connectivity index (χ0n) is 8.72. The molecular weight excluding hydrogens is 214 g/mol.